The van der Waals surface area contributed by atoms with Crippen molar-refractivity contribution in [2.24, 2.45) is 7.05 Å². The van der Waals surface area contributed by atoms with Crippen molar-refractivity contribution in [2.45, 2.75) is 12.8 Å². The third kappa shape index (κ3) is 3.13. The molecule has 3 aromatic rings. The number of aromatic nitrogens is 3. The summed E-state index contributed by atoms with van der Waals surface area (Å²) >= 11 is 0. The quantitative estimate of drug-likeness (QED) is 0.705. The number of nitrogens with one attached hydrogen (secondary N) is 2. The van der Waals surface area contributed by atoms with E-state index < -0.39 is 0 Å². The Bertz CT molecular complexity index is 756. The van der Waals surface area contributed by atoms with Gasteiger partial charge in [0.15, 0.2) is 0 Å². The van der Waals surface area contributed by atoms with Crippen molar-refractivity contribution >= 4 is 16.8 Å². The Kier molecular flexibility index (Phi) is 3.73. The minimum Gasteiger partial charge on any atom is -0.361 e. The van der Waals surface area contributed by atoms with Crippen molar-refractivity contribution in [3.05, 3.63) is 54.0 Å². The standard InChI is InChI=1S/C16H18N4O/c1-20-11-12(10-19-20)3-2-7-18-16(21)14-5-4-13-6-8-17-15(13)9-14/h4-6,8-11,17H,2-3,7H2,1H3,(H,18,21). The number of rotatable bonds is 5. The number of H-pyrrole nitrogens is 1. The predicted octanol–water partition coefficient (Wildman–Crippen LogP) is 2.26. The summed E-state index contributed by atoms with van der Waals surface area (Å²) < 4.78 is 1.79. The fraction of sp³-hybridized carbons (Fsp3) is 0.250. The van der Waals surface area contributed by atoms with Crippen molar-refractivity contribution in [2.75, 3.05) is 6.54 Å². The van der Waals surface area contributed by atoms with Gasteiger partial charge in [-0.2, -0.15) is 5.10 Å². The molecule has 0 spiro atoms. The number of amides is 1. The van der Waals surface area contributed by atoms with E-state index in [2.05, 4.69) is 15.4 Å². The average molecular weight is 282 g/mol. The van der Waals surface area contributed by atoms with Crippen LogP contribution in [0.1, 0.15) is 22.3 Å². The first kappa shape index (κ1) is 13.4. The first-order chi connectivity index (χ1) is 10.2. The molecule has 0 atom stereocenters. The van der Waals surface area contributed by atoms with Gasteiger partial charge in [-0.05, 0) is 42.0 Å². The second-order valence-corrected chi connectivity index (χ2v) is 5.16. The van der Waals surface area contributed by atoms with Crippen LogP contribution in [0.15, 0.2) is 42.9 Å². The van der Waals surface area contributed by atoms with Gasteiger partial charge in [0.05, 0.1) is 6.20 Å². The van der Waals surface area contributed by atoms with Crippen molar-refractivity contribution in [1.29, 1.82) is 0 Å². The van der Waals surface area contributed by atoms with Crippen LogP contribution in [0.2, 0.25) is 0 Å². The largest absolute Gasteiger partial charge is 0.361 e. The lowest BCUT2D eigenvalue weighted by atomic mass is 10.1. The number of hydrogen-bond acceptors (Lipinski definition) is 2. The molecule has 2 N–H and O–H groups in total. The zero-order valence-electron chi connectivity index (χ0n) is 12.0. The third-order valence-corrected chi connectivity index (χ3v) is 3.50. The summed E-state index contributed by atoms with van der Waals surface area (Å²) in [5.74, 6) is -0.0299. The van der Waals surface area contributed by atoms with E-state index in [4.69, 9.17) is 0 Å². The van der Waals surface area contributed by atoms with E-state index in [-0.39, 0.29) is 5.91 Å². The molecule has 5 nitrogen and oxygen atoms in total. The summed E-state index contributed by atoms with van der Waals surface area (Å²) in [7, 11) is 1.90. The van der Waals surface area contributed by atoms with Gasteiger partial charge >= 0.3 is 0 Å². The topological polar surface area (TPSA) is 62.7 Å². The smallest absolute Gasteiger partial charge is 0.251 e. The van der Waals surface area contributed by atoms with Crippen LogP contribution in [0.3, 0.4) is 0 Å². The minimum atomic E-state index is -0.0299. The van der Waals surface area contributed by atoms with Crippen molar-refractivity contribution in [3.8, 4) is 0 Å². The monoisotopic (exact) mass is 282 g/mol. The molecule has 0 saturated heterocycles. The zero-order valence-corrected chi connectivity index (χ0v) is 12.0. The highest BCUT2D eigenvalue weighted by atomic mass is 16.1. The van der Waals surface area contributed by atoms with E-state index in [9.17, 15) is 4.79 Å². The highest BCUT2D eigenvalue weighted by Crippen LogP contribution is 2.14. The van der Waals surface area contributed by atoms with Crippen LogP contribution in [0.25, 0.3) is 10.9 Å². The molecule has 108 valence electrons. The van der Waals surface area contributed by atoms with E-state index in [0.717, 1.165) is 23.7 Å². The molecule has 0 bridgehead atoms. The maximum absolute atomic E-state index is 12.1. The molecular weight excluding hydrogens is 264 g/mol. The molecule has 5 heteroatoms. The molecular formula is C16H18N4O. The fourth-order valence-electron chi connectivity index (χ4n) is 2.39. The maximum Gasteiger partial charge on any atom is 0.251 e. The van der Waals surface area contributed by atoms with Crippen molar-refractivity contribution < 1.29 is 4.79 Å². The Balaban J connectivity index is 1.51. The lowest BCUT2D eigenvalue weighted by molar-refractivity contribution is 0.0953. The second kappa shape index (κ2) is 5.83. The molecule has 2 heterocycles. The molecule has 0 fully saturated rings. The minimum absolute atomic E-state index is 0.0299. The Labute approximate surface area is 123 Å². The number of benzene rings is 1. The lowest BCUT2D eigenvalue weighted by Crippen LogP contribution is -2.24. The van der Waals surface area contributed by atoms with Gasteiger partial charge in [-0.1, -0.05) is 6.07 Å². The van der Waals surface area contributed by atoms with Crippen LogP contribution in [-0.2, 0) is 13.5 Å². The molecule has 0 aliphatic heterocycles. The van der Waals surface area contributed by atoms with Gasteiger partial charge in [0.1, 0.15) is 0 Å². The number of aromatic amines is 1. The molecule has 0 radical (unpaired) electrons. The molecule has 0 saturated carbocycles. The van der Waals surface area contributed by atoms with Gasteiger partial charge in [-0.25, -0.2) is 0 Å². The number of aryl methyl sites for hydroxylation is 2. The van der Waals surface area contributed by atoms with Gasteiger partial charge in [0.2, 0.25) is 0 Å². The summed E-state index contributed by atoms with van der Waals surface area (Å²) in [5, 5.41) is 8.19. The van der Waals surface area contributed by atoms with Crippen LogP contribution in [0, 0.1) is 0 Å². The predicted molar refractivity (Wildman–Crippen MR) is 82.2 cm³/mol. The van der Waals surface area contributed by atoms with Gasteiger partial charge in [0, 0.05) is 37.1 Å². The maximum atomic E-state index is 12.1. The van der Waals surface area contributed by atoms with Crippen LogP contribution in [0.4, 0.5) is 0 Å². The fourth-order valence-corrected chi connectivity index (χ4v) is 2.39. The van der Waals surface area contributed by atoms with Crippen LogP contribution in [0.5, 0.6) is 0 Å². The third-order valence-electron chi connectivity index (χ3n) is 3.50. The summed E-state index contributed by atoms with van der Waals surface area (Å²) in [6.45, 7) is 0.663. The Morgan fingerprint density at radius 1 is 1.38 bits per heavy atom. The van der Waals surface area contributed by atoms with E-state index >= 15 is 0 Å². The Morgan fingerprint density at radius 2 is 2.29 bits per heavy atom. The summed E-state index contributed by atoms with van der Waals surface area (Å²) in [6.07, 6.45) is 7.56. The number of carbonyl (C=O) groups excluding carboxylic acids is 1. The molecule has 1 amide bonds. The molecule has 0 aliphatic rings. The van der Waals surface area contributed by atoms with E-state index in [0.29, 0.717) is 12.1 Å². The SMILES string of the molecule is Cn1cc(CCCNC(=O)c2ccc3cc[nH]c3c2)cn1. The molecule has 2 aromatic heterocycles. The van der Waals surface area contributed by atoms with Crippen LogP contribution in [-0.4, -0.2) is 27.2 Å². The Hall–Kier alpha value is -2.56. The molecule has 0 unspecified atom stereocenters. The normalized spacial score (nSPS) is 10.9. The summed E-state index contributed by atoms with van der Waals surface area (Å²) in [5.41, 5.74) is 2.86. The van der Waals surface area contributed by atoms with Crippen LogP contribution < -0.4 is 5.32 Å². The molecule has 21 heavy (non-hydrogen) atoms. The zero-order chi connectivity index (χ0) is 14.7. The van der Waals surface area contributed by atoms with E-state index in [1.165, 1.54) is 5.56 Å². The van der Waals surface area contributed by atoms with Gasteiger partial charge < -0.3 is 10.3 Å². The van der Waals surface area contributed by atoms with Crippen LogP contribution >= 0.6 is 0 Å². The van der Waals surface area contributed by atoms with E-state index in [1.54, 1.807) is 4.68 Å². The number of carbonyl (C=O) groups is 1. The van der Waals surface area contributed by atoms with Crippen molar-refractivity contribution in [3.63, 3.8) is 0 Å². The first-order valence-electron chi connectivity index (χ1n) is 7.05. The van der Waals surface area contributed by atoms with Gasteiger partial charge in [-0.3, -0.25) is 9.48 Å². The van der Waals surface area contributed by atoms with Crippen molar-refractivity contribution in [1.82, 2.24) is 20.1 Å². The molecule has 0 aliphatic carbocycles. The summed E-state index contributed by atoms with van der Waals surface area (Å²) in [6, 6.07) is 7.68. The first-order valence-corrected chi connectivity index (χ1v) is 7.05. The number of fused-ring (bicyclic) bond motifs is 1. The molecule has 3 rings (SSSR count). The lowest BCUT2D eigenvalue weighted by Gasteiger charge is -2.05. The average Bonchev–Trinajstić information content (AvgIpc) is 3.11. The highest BCUT2D eigenvalue weighted by Gasteiger charge is 2.06. The second-order valence-electron chi connectivity index (χ2n) is 5.16. The number of nitrogens with zero attached hydrogens (tertiary/aromatic N) is 2. The Morgan fingerprint density at radius 3 is 3.10 bits per heavy atom. The molecule has 1 aromatic carbocycles. The number of hydrogen-bond donors (Lipinski definition) is 2. The van der Waals surface area contributed by atoms with Gasteiger partial charge in [0.25, 0.3) is 5.91 Å². The van der Waals surface area contributed by atoms with Gasteiger partial charge in [-0.15, -0.1) is 0 Å². The highest BCUT2D eigenvalue weighted by molar-refractivity contribution is 5.97. The summed E-state index contributed by atoms with van der Waals surface area (Å²) in [4.78, 5) is 15.2. The van der Waals surface area contributed by atoms with E-state index in [1.807, 2.05) is 49.9 Å².